The summed E-state index contributed by atoms with van der Waals surface area (Å²) in [6.45, 7) is 3.89. The van der Waals surface area contributed by atoms with Gasteiger partial charge in [0, 0.05) is 24.2 Å². The maximum Gasteiger partial charge on any atom is 0.0627 e. The number of hydrogen-bond acceptors (Lipinski definition) is 3. The van der Waals surface area contributed by atoms with Gasteiger partial charge in [0.2, 0.25) is 0 Å². The summed E-state index contributed by atoms with van der Waals surface area (Å²) >= 11 is 1.80. The van der Waals surface area contributed by atoms with E-state index in [0.717, 1.165) is 12.2 Å². The average Bonchev–Trinajstić information content (AvgIpc) is 2.51. The molecule has 14 heavy (non-hydrogen) atoms. The van der Waals surface area contributed by atoms with Gasteiger partial charge in [-0.2, -0.15) is 16.9 Å². The quantitative estimate of drug-likeness (QED) is 0.806. The van der Waals surface area contributed by atoms with Crippen molar-refractivity contribution in [3.05, 3.63) is 18.0 Å². The molecule has 2 unspecified atom stereocenters. The van der Waals surface area contributed by atoms with Crippen molar-refractivity contribution >= 4 is 11.8 Å². The minimum atomic E-state index is -0.230. The van der Waals surface area contributed by atoms with Gasteiger partial charge in [-0.3, -0.25) is 4.68 Å². The van der Waals surface area contributed by atoms with Crippen LogP contribution in [0.15, 0.2) is 12.3 Å². The van der Waals surface area contributed by atoms with Gasteiger partial charge in [-0.15, -0.1) is 0 Å². The minimum Gasteiger partial charge on any atom is -0.392 e. The van der Waals surface area contributed by atoms with E-state index in [-0.39, 0.29) is 6.10 Å². The zero-order chi connectivity index (χ0) is 10.6. The van der Waals surface area contributed by atoms with Crippen LogP contribution in [0.5, 0.6) is 0 Å². The number of aromatic nitrogens is 2. The second-order valence-corrected chi connectivity index (χ2v) is 5.00. The summed E-state index contributed by atoms with van der Waals surface area (Å²) in [7, 11) is 1.96. The van der Waals surface area contributed by atoms with Crippen LogP contribution in [0.4, 0.5) is 0 Å². The Bertz CT molecular complexity index is 273. The van der Waals surface area contributed by atoms with Crippen LogP contribution in [-0.4, -0.2) is 32.0 Å². The first-order valence-corrected chi connectivity index (χ1v) is 5.92. The molecule has 1 rings (SSSR count). The Hall–Kier alpha value is -0.480. The summed E-state index contributed by atoms with van der Waals surface area (Å²) in [5.74, 6) is 1.03. The van der Waals surface area contributed by atoms with E-state index < -0.39 is 0 Å². The monoisotopic (exact) mass is 214 g/mol. The van der Waals surface area contributed by atoms with Gasteiger partial charge in [-0.05, 0) is 25.2 Å². The van der Waals surface area contributed by atoms with E-state index in [2.05, 4.69) is 12.0 Å². The fourth-order valence-corrected chi connectivity index (χ4v) is 2.11. The van der Waals surface area contributed by atoms with Crippen LogP contribution in [0, 0.1) is 0 Å². The lowest BCUT2D eigenvalue weighted by molar-refractivity contribution is 0.196. The van der Waals surface area contributed by atoms with Gasteiger partial charge >= 0.3 is 0 Å². The third-order valence-electron chi connectivity index (χ3n) is 2.34. The number of nitrogens with zero attached hydrogens (tertiary/aromatic N) is 2. The molecule has 0 amide bonds. The molecular formula is C10H18N2OS. The standard InChI is InChI=1S/C10H18N2OS/c1-8(13)9(2)14-7-5-10-4-6-11-12(10)3/h4,6,8-9,13H,5,7H2,1-3H3. The molecule has 3 nitrogen and oxygen atoms in total. The molecule has 0 saturated heterocycles. The Balaban J connectivity index is 2.25. The third kappa shape index (κ3) is 3.35. The van der Waals surface area contributed by atoms with E-state index in [1.807, 2.05) is 30.9 Å². The van der Waals surface area contributed by atoms with Gasteiger partial charge in [0.25, 0.3) is 0 Å². The molecule has 0 spiro atoms. The summed E-state index contributed by atoms with van der Waals surface area (Å²) < 4.78 is 1.90. The normalized spacial score (nSPS) is 15.4. The highest BCUT2D eigenvalue weighted by Crippen LogP contribution is 2.15. The molecule has 0 aliphatic rings. The summed E-state index contributed by atoms with van der Waals surface area (Å²) in [5, 5.41) is 13.7. The van der Waals surface area contributed by atoms with Gasteiger partial charge in [-0.1, -0.05) is 6.92 Å². The molecule has 1 N–H and O–H groups in total. The van der Waals surface area contributed by atoms with Crippen LogP contribution in [-0.2, 0) is 13.5 Å². The third-order valence-corrected chi connectivity index (χ3v) is 3.70. The smallest absolute Gasteiger partial charge is 0.0627 e. The highest BCUT2D eigenvalue weighted by Gasteiger charge is 2.08. The molecule has 1 aromatic rings. The summed E-state index contributed by atoms with van der Waals surface area (Å²) in [4.78, 5) is 0. The molecule has 0 bridgehead atoms. The lowest BCUT2D eigenvalue weighted by Crippen LogP contribution is -2.16. The van der Waals surface area contributed by atoms with E-state index in [1.54, 1.807) is 11.8 Å². The first kappa shape index (κ1) is 11.6. The zero-order valence-corrected chi connectivity index (χ0v) is 9.79. The first-order valence-electron chi connectivity index (χ1n) is 4.88. The van der Waals surface area contributed by atoms with Crippen molar-refractivity contribution < 1.29 is 5.11 Å². The Morgan fingerprint density at radius 1 is 1.57 bits per heavy atom. The van der Waals surface area contributed by atoms with E-state index >= 15 is 0 Å². The molecule has 0 fully saturated rings. The predicted octanol–water partition coefficient (Wildman–Crippen LogP) is 1.47. The van der Waals surface area contributed by atoms with E-state index in [9.17, 15) is 5.11 Å². The number of hydrogen-bond donors (Lipinski definition) is 1. The Labute approximate surface area is 89.5 Å². The molecule has 0 aromatic carbocycles. The van der Waals surface area contributed by atoms with Crippen molar-refractivity contribution in [3.63, 3.8) is 0 Å². The molecule has 0 aliphatic heterocycles. The Morgan fingerprint density at radius 2 is 2.29 bits per heavy atom. The van der Waals surface area contributed by atoms with Crippen molar-refractivity contribution in [1.29, 1.82) is 0 Å². The Morgan fingerprint density at radius 3 is 2.79 bits per heavy atom. The number of rotatable bonds is 5. The molecule has 1 aromatic heterocycles. The number of thioether (sulfide) groups is 1. The summed E-state index contributed by atoms with van der Waals surface area (Å²) in [6, 6.07) is 2.04. The minimum absolute atomic E-state index is 0.230. The van der Waals surface area contributed by atoms with E-state index in [1.165, 1.54) is 5.69 Å². The highest BCUT2D eigenvalue weighted by molar-refractivity contribution is 7.99. The molecule has 80 valence electrons. The number of aliphatic hydroxyl groups is 1. The maximum absolute atomic E-state index is 9.29. The van der Waals surface area contributed by atoms with Crippen LogP contribution in [0.1, 0.15) is 19.5 Å². The molecule has 0 radical (unpaired) electrons. The van der Waals surface area contributed by atoms with Crippen LogP contribution < -0.4 is 0 Å². The van der Waals surface area contributed by atoms with Crippen LogP contribution in [0.2, 0.25) is 0 Å². The first-order chi connectivity index (χ1) is 6.61. The van der Waals surface area contributed by atoms with Gasteiger partial charge < -0.3 is 5.11 Å². The van der Waals surface area contributed by atoms with Crippen LogP contribution >= 0.6 is 11.8 Å². The van der Waals surface area contributed by atoms with Crippen molar-refractivity contribution in [3.8, 4) is 0 Å². The van der Waals surface area contributed by atoms with E-state index in [4.69, 9.17) is 0 Å². The maximum atomic E-state index is 9.29. The highest BCUT2D eigenvalue weighted by atomic mass is 32.2. The molecule has 0 saturated carbocycles. The number of aryl methyl sites for hydroxylation is 2. The topological polar surface area (TPSA) is 38.1 Å². The van der Waals surface area contributed by atoms with E-state index in [0.29, 0.717) is 5.25 Å². The SMILES string of the molecule is CC(O)C(C)SCCc1ccnn1C. The van der Waals surface area contributed by atoms with Crippen molar-refractivity contribution in [2.24, 2.45) is 7.05 Å². The van der Waals surface area contributed by atoms with Crippen LogP contribution in [0.3, 0.4) is 0 Å². The van der Waals surface area contributed by atoms with Gasteiger partial charge in [0.05, 0.1) is 6.10 Å². The fourth-order valence-electron chi connectivity index (χ4n) is 1.14. The number of aliphatic hydroxyl groups excluding tert-OH is 1. The zero-order valence-electron chi connectivity index (χ0n) is 8.97. The molecule has 1 heterocycles. The molecule has 0 aliphatic carbocycles. The summed E-state index contributed by atoms with van der Waals surface area (Å²) in [6.07, 6.45) is 2.60. The summed E-state index contributed by atoms with van der Waals surface area (Å²) in [5.41, 5.74) is 1.25. The van der Waals surface area contributed by atoms with Crippen LogP contribution in [0.25, 0.3) is 0 Å². The van der Waals surface area contributed by atoms with Crippen molar-refractivity contribution in [2.45, 2.75) is 31.6 Å². The lowest BCUT2D eigenvalue weighted by atomic mass is 10.3. The van der Waals surface area contributed by atoms with Gasteiger partial charge in [0.1, 0.15) is 0 Å². The van der Waals surface area contributed by atoms with Gasteiger partial charge in [-0.25, -0.2) is 0 Å². The van der Waals surface area contributed by atoms with Crippen molar-refractivity contribution in [2.75, 3.05) is 5.75 Å². The lowest BCUT2D eigenvalue weighted by Gasteiger charge is -2.13. The predicted molar refractivity (Wildman–Crippen MR) is 60.5 cm³/mol. The Kier molecular flexibility index (Phi) is 4.48. The second-order valence-electron chi connectivity index (χ2n) is 3.51. The van der Waals surface area contributed by atoms with Crippen molar-refractivity contribution in [1.82, 2.24) is 9.78 Å². The fraction of sp³-hybridized carbons (Fsp3) is 0.700. The largest absolute Gasteiger partial charge is 0.392 e. The van der Waals surface area contributed by atoms with Gasteiger partial charge in [0.15, 0.2) is 0 Å². The second kappa shape index (κ2) is 5.41. The average molecular weight is 214 g/mol. The molecule has 2 atom stereocenters. The molecule has 4 heteroatoms. The molecular weight excluding hydrogens is 196 g/mol.